The Balaban J connectivity index is 2.44. The van der Waals surface area contributed by atoms with Crippen LogP contribution in [0, 0.1) is 15.5 Å². The van der Waals surface area contributed by atoms with Crippen molar-refractivity contribution in [2.24, 2.45) is 5.41 Å². The van der Waals surface area contributed by atoms with Gasteiger partial charge in [-0.25, -0.2) is 9.59 Å². The van der Waals surface area contributed by atoms with Crippen molar-refractivity contribution >= 4 is 25.9 Å². The zero-order valence-electron chi connectivity index (χ0n) is 21.5. The van der Waals surface area contributed by atoms with Gasteiger partial charge in [-0.2, -0.15) is 0 Å². The molecule has 2 rings (SSSR count). The van der Waals surface area contributed by atoms with Gasteiger partial charge < -0.3 is 23.7 Å². The normalized spacial score (nSPS) is 22.7. The molecular weight excluding hydrogens is 474 g/mol. The summed E-state index contributed by atoms with van der Waals surface area (Å²) in [6.07, 6.45) is -2.68. The lowest BCUT2D eigenvalue weighted by molar-refractivity contribution is -0.384. The molecule has 0 bridgehead atoms. The number of aliphatic hydroxyl groups excluding tert-OH is 1. The van der Waals surface area contributed by atoms with Crippen LogP contribution in [0.5, 0.6) is 0 Å². The Hall–Kier alpha value is -2.76. The van der Waals surface area contributed by atoms with Gasteiger partial charge in [0.15, 0.2) is 20.2 Å². The van der Waals surface area contributed by atoms with Crippen molar-refractivity contribution in [3.63, 3.8) is 0 Å². The number of aliphatic hydroxyl groups is 1. The van der Waals surface area contributed by atoms with Gasteiger partial charge in [0.1, 0.15) is 6.10 Å². The molecule has 11 heteroatoms. The van der Waals surface area contributed by atoms with E-state index >= 15 is 0 Å². The third-order valence-electron chi connectivity index (χ3n) is 6.80. The average molecular weight is 510 g/mol. The third kappa shape index (κ3) is 5.73. The van der Waals surface area contributed by atoms with Crippen molar-refractivity contribution in [3.05, 3.63) is 51.3 Å². The van der Waals surface area contributed by atoms with Gasteiger partial charge in [0.2, 0.25) is 0 Å². The van der Waals surface area contributed by atoms with Gasteiger partial charge in [0.05, 0.1) is 35.2 Å². The summed E-state index contributed by atoms with van der Waals surface area (Å²) < 4.78 is 22.6. The van der Waals surface area contributed by atoms with Crippen LogP contribution in [-0.4, -0.2) is 62.8 Å². The number of methoxy groups -OCH3 is 1. The number of rotatable bonds is 9. The average Bonchev–Trinajstić information content (AvgIpc) is 2.98. The number of esters is 2. The monoisotopic (exact) mass is 509 g/mol. The second-order valence-electron chi connectivity index (χ2n) is 10.2. The lowest BCUT2D eigenvalue weighted by atomic mass is 9.81. The molecule has 0 aliphatic heterocycles. The Morgan fingerprint density at radius 2 is 1.74 bits per heavy atom. The first-order valence-corrected chi connectivity index (χ1v) is 14.2. The fraction of sp³-hybridized carbons (Fsp3) is 0.583. The van der Waals surface area contributed by atoms with E-state index in [1.54, 1.807) is 13.8 Å². The molecule has 1 aliphatic rings. The zero-order valence-corrected chi connectivity index (χ0v) is 22.5. The van der Waals surface area contributed by atoms with E-state index in [0.717, 1.165) is 0 Å². The summed E-state index contributed by atoms with van der Waals surface area (Å²) in [5, 5.41) is 22.1. The number of nitro benzene ring substituents is 1. The summed E-state index contributed by atoms with van der Waals surface area (Å²) in [5.74, 6) is -1.55. The van der Waals surface area contributed by atoms with Crippen molar-refractivity contribution in [1.29, 1.82) is 0 Å². The predicted molar refractivity (Wildman–Crippen MR) is 130 cm³/mol. The fourth-order valence-corrected chi connectivity index (χ4v) is 4.62. The van der Waals surface area contributed by atoms with Crippen LogP contribution in [0.2, 0.25) is 18.1 Å². The molecule has 0 radical (unpaired) electrons. The van der Waals surface area contributed by atoms with Gasteiger partial charge in [-0.15, -0.1) is 0 Å². The first-order chi connectivity index (χ1) is 16.1. The number of hydrogen-bond donors (Lipinski definition) is 1. The Kier molecular flexibility index (Phi) is 8.51. The Labute approximate surface area is 206 Å². The number of carbonyl (C=O) groups excluding carboxylic acids is 2. The molecule has 0 spiro atoms. The summed E-state index contributed by atoms with van der Waals surface area (Å²) in [7, 11) is -0.961. The molecular formula is C24H35NO9Si. The smallest absolute Gasteiger partial charge is 0.338 e. The van der Waals surface area contributed by atoms with Crippen LogP contribution in [0.15, 0.2) is 35.6 Å². The van der Waals surface area contributed by atoms with Crippen LogP contribution in [0.25, 0.3) is 0 Å². The van der Waals surface area contributed by atoms with E-state index in [9.17, 15) is 24.8 Å². The molecule has 10 nitrogen and oxygen atoms in total. The highest BCUT2D eigenvalue weighted by Crippen LogP contribution is 2.47. The number of benzene rings is 1. The van der Waals surface area contributed by atoms with Crippen molar-refractivity contribution in [1.82, 2.24) is 0 Å². The molecule has 35 heavy (non-hydrogen) atoms. The largest absolute Gasteiger partial charge is 0.496 e. The minimum atomic E-state index is -2.27. The SMILES string of the molecule is CCOC(=O)C1=C(OC)[C@H](OC(=O)c2ccc([N+](=O)[O-])cc2)[C@@H](O)[C@]1(C)CO[Si](C)(C)C(C)(C)C. The van der Waals surface area contributed by atoms with Gasteiger partial charge in [-0.05, 0) is 37.2 Å². The first kappa shape index (κ1) is 28.5. The Morgan fingerprint density at radius 3 is 2.20 bits per heavy atom. The molecule has 0 aromatic heterocycles. The standard InChI is InChI=1S/C24H35NO9Si/c1-9-32-22(28)17-18(31-6)19(34-21(27)15-10-12-16(13-11-15)25(29)30)20(26)24(17,5)14-33-35(7,8)23(2,3)4/h10-13,19-20,26H,9,14H2,1-8H3/t19-,20+,24+/m0/s1. The van der Waals surface area contributed by atoms with Crippen LogP contribution in [0.1, 0.15) is 45.0 Å². The third-order valence-corrected chi connectivity index (χ3v) is 11.3. The second kappa shape index (κ2) is 10.5. The molecule has 0 heterocycles. The summed E-state index contributed by atoms with van der Waals surface area (Å²) in [4.78, 5) is 36.1. The highest BCUT2D eigenvalue weighted by Gasteiger charge is 2.57. The van der Waals surface area contributed by atoms with E-state index in [1.807, 2.05) is 0 Å². The Bertz CT molecular complexity index is 997. The molecule has 0 saturated heterocycles. The highest BCUT2D eigenvalue weighted by molar-refractivity contribution is 6.74. The molecule has 194 valence electrons. The van der Waals surface area contributed by atoms with Gasteiger partial charge in [-0.3, -0.25) is 10.1 Å². The lowest BCUT2D eigenvalue weighted by Crippen LogP contribution is -2.48. The summed E-state index contributed by atoms with van der Waals surface area (Å²) in [6.45, 7) is 13.7. The van der Waals surface area contributed by atoms with Crippen molar-refractivity contribution in [3.8, 4) is 0 Å². The lowest BCUT2D eigenvalue weighted by Gasteiger charge is -2.40. The molecule has 1 N–H and O–H groups in total. The van der Waals surface area contributed by atoms with E-state index in [1.165, 1.54) is 31.4 Å². The zero-order chi connectivity index (χ0) is 26.8. The second-order valence-corrected chi connectivity index (χ2v) is 15.0. The number of nitro groups is 1. The number of carbonyl (C=O) groups is 2. The van der Waals surface area contributed by atoms with E-state index in [-0.39, 0.29) is 40.8 Å². The van der Waals surface area contributed by atoms with Gasteiger partial charge in [0, 0.05) is 18.7 Å². The number of non-ortho nitro benzene ring substituents is 1. The van der Waals surface area contributed by atoms with Gasteiger partial charge in [-0.1, -0.05) is 27.7 Å². The van der Waals surface area contributed by atoms with Crippen LogP contribution in [0.3, 0.4) is 0 Å². The van der Waals surface area contributed by atoms with E-state index in [4.69, 9.17) is 18.6 Å². The molecule has 0 unspecified atom stereocenters. The molecule has 0 fully saturated rings. The van der Waals surface area contributed by atoms with Crippen molar-refractivity contribution < 1.29 is 38.3 Å². The fourth-order valence-electron chi connectivity index (χ4n) is 3.53. The summed E-state index contributed by atoms with van der Waals surface area (Å²) in [6, 6.07) is 4.86. The molecule has 1 aromatic carbocycles. The number of nitrogens with zero attached hydrogens (tertiary/aromatic N) is 1. The predicted octanol–water partition coefficient (Wildman–Crippen LogP) is 3.99. The summed E-state index contributed by atoms with van der Waals surface area (Å²) in [5.41, 5.74) is -1.37. The highest BCUT2D eigenvalue weighted by atomic mass is 28.4. The molecule has 0 saturated carbocycles. The van der Waals surface area contributed by atoms with Crippen LogP contribution >= 0.6 is 0 Å². The van der Waals surface area contributed by atoms with Crippen LogP contribution in [0.4, 0.5) is 5.69 Å². The Morgan fingerprint density at radius 1 is 1.17 bits per heavy atom. The van der Waals surface area contributed by atoms with E-state index in [2.05, 4.69) is 33.9 Å². The van der Waals surface area contributed by atoms with Crippen molar-refractivity contribution in [2.75, 3.05) is 20.3 Å². The van der Waals surface area contributed by atoms with Crippen molar-refractivity contribution in [2.45, 2.75) is 65.0 Å². The number of hydrogen-bond acceptors (Lipinski definition) is 9. The molecule has 1 aromatic rings. The van der Waals surface area contributed by atoms with Crippen LogP contribution in [-0.2, 0) is 23.4 Å². The molecule has 0 amide bonds. The van der Waals surface area contributed by atoms with Gasteiger partial charge >= 0.3 is 11.9 Å². The minimum Gasteiger partial charge on any atom is -0.496 e. The number of ether oxygens (including phenoxy) is 3. The van der Waals surface area contributed by atoms with E-state index < -0.39 is 42.8 Å². The quantitative estimate of drug-likeness (QED) is 0.227. The maximum Gasteiger partial charge on any atom is 0.338 e. The minimum absolute atomic E-state index is 0.0166. The first-order valence-electron chi connectivity index (χ1n) is 11.3. The maximum absolute atomic E-state index is 13.0. The maximum atomic E-state index is 13.0. The molecule has 3 atom stereocenters. The van der Waals surface area contributed by atoms with Gasteiger partial charge in [0.25, 0.3) is 5.69 Å². The topological polar surface area (TPSA) is 134 Å². The van der Waals surface area contributed by atoms with Crippen LogP contribution < -0.4 is 0 Å². The summed E-state index contributed by atoms with van der Waals surface area (Å²) >= 11 is 0. The van der Waals surface area contributed by atoms with E-state index in [0.29, 0.717) is 0 Å². The molecule has 1 aliphatic carbocycles.